The quantitative estimate of drug-likeness (QED) is 0.845. The summed E-state index contributed by atoms with van der Waals surface area (Å²) in [6.07, 6.45) is 5.37. The highest BCUT2D eigenvalue weighted by atomic mass is 35.5. The van der Waals surface area contributed by atoms with Gasteiger partial charge in [-0.15, -0.1) is 0 Å². The van der Waals surface area contributed by atoms with Crippen LogP contribution in [0.25, 0.3) is 0 Å². The highest BCUT2D eigenvalue weighted by molar-refractivity contribution is 6.33. The molecule has 1 atom stereocenters. The summed E-state index contributed by atoms with van der Waals surface area (Å²) in [7, 11) is 0. The Morgan fingerprint density at radius 2 is 1.89 bits per heavy atom. The minimum Gasteiger partial charge on any atom is -0.399 e. The topological polar surface area (TPSA) is 32.5 Å². The molecular weight excluding hydrogens is 258 g/mol. The van der Waals surface area contributed by atoms with E-state index in [-0.39, 0.29) is 0 Å². The maximum absolute atomic E-state index is 6.31. The van der Waals surface area contributed by atoms with E-state index in [1.807, 2.05) is 12.1 Å². The van der Waals surface area contributed by atoms with Gasteiger partial charge in [0.2, 0.25) is 0 Å². The number of piperidine rings is 1. The van der Waals surface area contributed by atoms with Crippen molar-refractivity contribution in [1.29, 1.82) is 0 Å². The first-order valence-corrected chi connectivity index (χ1v) is 7.66. The summed E-state index contributed by atoms with van der Waals surface area (Å²) in [6.45, 7) is 4.75. The fourth-order valence-electron chi connectivity index (χ4n) is 3.32. The SMILES string of the molecule is Nc1ccc(N2CCC(N3CCCCC3)C2)c(Cl)c1. The third kappa shape index (κ3) is 2.82. The number of rotatable bonds is 2. The zero-order valence-electron chi connectivity index (χ0n) is 11.3. The van der Waals surface area contributed by atoms with Crippen molar-refractivity contribution in [3.63, 3.8) is 0 Å². The Bertz CT molecular complexity index is 443. The van der Waals surface area contributed by atoms with E-state index in [9.17, 15) is 0 Å². The van der Waals surface area contributed by atoms with Crippen LogP contribution >= 0.6 is 11.6 Å². The second-order valence-corrected chi connectivity index (χ2v) is 6.10. The van der Waals surface area contributed by atoms with Crippen molar-refractivity contribution < 1.29 is 0 Å². The van der Waals surface area contributed by atoms with Gasteiger partial charge in [-0.2, -0.15) is 0 Å². The average molecular weight is 280 g/mol. The monoisotopic (exact) mass is 279 g/mol. The number of nitrogen functional groups attached to an aromatic ring is 1. The summed E-state index contributed by atoms with van der Waals surface area (Å²) in [5.74, 6) is 0. The molecule has 0 bridgehead atoms. The lowest BCUT2D eigenvalue weighted by atomic mass is 10.1. The minimum atomic E-state index is 0.703. The van der Waals surface area contributed by atoms with Gasteiger partial charge in [0.25, 0.3) is 0 Å². The summed E-state index contributed by atoms with van der Waals surface area (Å²) < 4.78 is 0. The van der Waals surface area contributed by atoms with E-state index in [4.69, 9.17) is 17.3 Å². The molecule has 0 radical (unpaired) electrons. The molecule has 3 nitrogen and oxygen atoms in total. The number of nitrogens with zero attached hydrogens (tertiary/aromatic N) is 2. The van der Waals surface area contributed by atoms with Gasteiger partial charge in [-0.3, -0.25) is 4.90 Å². The van der Waals surface area contributed by atoms with Gasteiger partial charge in [0.15, 0.2) is 0 Å². The molecule has 4 heteroatoms. The summed E-state index contributed by atoms with van der Waals surface area (Å²) >= 11 is 6.31. The molecule has 0 spiro atoms. The molecular formula is C15H22ClN3. The number of anilines is 2. The lowest BCUT2D eigenvalue weighted by Gasteiger charge is -2.32. The predicted molar refractivity (Wildman–Crippen MR) is 81.9 cm³/mol. The number of likely N-dealkylation sites (tertiary alicyclic amines) is 1. The molecule has 1 aromatic rings. The average Bonchev–Trinajstić information content (AvgIpc) is 2.89. The molecule has 2 aliphatic heterocycles. The Morgan fingerprint density at radius 3 is 2.63 bits per heavy atom. The Kier molecular flexibility index (Phi) is 3.85. The molecule has 1 unspecified atom stereocenters. The minimum absolute atomic E-state index is 0.703. The normalized spacial score (nSPS) is 24.9. The smallest absolute Gasteiger partial charge is 0.0660 e. The van der Waals surface area contributed by atoms with E-state index in [1.165, 1.54) is 38.8 Å². The van der Waals surface area contributed by atoms with Crippen molar-refractivity contribution in [2.75, 3.05) is 36.8 Å². The molecule has 2 aliphatic rings. The number of nitrogens with two attached hydrogens (primary N) is 1. The number of hydrogen-bond donors (Lipinski definition) is 1. The fraction of sp³-hybridized carbons (Fsp3) is 0.600. The zero-order valence-corrected chi connectivity index (χ0v) is 12.1. The maximum Gasteiger partial charge on any atom is 0.0660 e. The van der Waals surface area contributed by atoms with E-state index in [1.54, 1.807) is 0 Å². The molecule has 2 N–H and O–H groups in total. The largest absolute Gasteiger partial charge is 0.399 e. The van der Waals surface area contributed by atoms with Crippen LogP contribution in [-0.4, -0.2) is 37.1 Å². The predicted octanol–water partition coefficient (Wildman–Crippen LogP) is 2.99. The lowest BCUT2D eigenvalue weighted by Crippen LogP contribution is -2.40. The third-order valence-electron chi connectivity index (χ3n) is 4.38. The summed E-state index contributed by atoms with van der Waals surface area (Å²) in [6, 6.07) is 6.55. The van der Waals surface area contributed by atoms with Gasteiger partial charge in [-0.25, -0.2) is 0 Å². The van der Waals surface area contributed by atoms with E-state index in [2.05, 4.69) is 15.9 Å². The lowest BCUT2D eigenvalue weighted by molar-refractivity contribution is 0.175. The van der Waals surface area contributed by atoms with E-state index in [0.29, 0.717) is 6.04 Å². The van der Waals surface area contributed by atoms with Crippen LogP contribution in [0.5, 0.6) is 0 Å². The van der Waals surface area contributed by atoms with Crippen LogP contribution in [-0.2, 0) is 0 Å². The molecule has 2 saturated heterocycles. The van der Waals surface area contributed by atoms with Crippen LogP contribution in [0.3, 0.4) is 0 Å². The molecule has 0 amide bonds. The molecule has 1 aromatic carbocycles. The van der Waals surface area contributed by atoms with E-state index < -0.39 is 0 Å². The van der Waals surface area contributed by atoms with Gasteiger partial charge in [0, 0.05) is 24.8 Å². The molecule has 0 aromatic heterocycles. The Hall–Kier alpha value is -0.930. The van der Waals surface area contributed by atoms with Gasteiger partial charge in [0.05, 0.1) is 10.7 Å². The molecule has 2 fully saturated rings. The van der Waals surface area contributed by atoms with Gasteiger partial charge >= 0.3 is 0 Å². The van der Waals surface area contributed by atoms with Crippen LogP contribution in [0.15, 0.2) is 18.2 Å². The van der Waals surface area contributed by atoms with Crippen molar-refractivity contribution in [3.8, 4) is 0 Å². The molecule has 3 rings (SSSR count). The Labute approximate surface area is 120 Å². The van der Waals surface area contributed by atoms with Crippen LogP contribution in [0.1, 0.15) is 25.7 Å². The second kappa shape index (κ2) is 5.59. The van der Waals surface area contributed by atoms with Gasteiger partial charge in [0.1, 0.15) is 0 Å². The van der Waals surface area contributed by atoms with Crippen LogP contribution in [0, 0.1) is 0 Å². The van der Waals surface area contributed by atoms with Crippen molar-refractivity contribution in [2.45, 2.75) is 31.7 Å². The van der Waals surface area contributed by atoms with Gasteiger partial charge in [-0.05, 0) is 50.6 Å². The van der Waals surface area contributed by atoms with Crippen LogP contribution in [0.2, 0.25) is 5.02 Å². The second-order valence-electron chi connectivity index (χ2n) is 5.70. The summed E-state index contributed by atoms with van der Waals surface area (Å²) in [5, 5.41) is 0.777. The standard InChI is InChI=1S/C15H22ClN3/c16-14-10-12(17)4-5-15(14)19-9-6-13(11-19)18-7-2-1-3-8-18/h4-5,10,13H,1-3,6-9,11,17H2. The Morgan fingerprint density at radius 1 is 1.11 bits per heavy atom. The highest BCUT2D eigenvalue weighted by Gasteiger charge is 2.29. The number of hydrogen-bond acceptors (Lipinski definition) is 3. The molecule has 2 heterocycles. The van der Waals surface area contributed by atoms with Crippen molar-refractivity contribution in [1.82, 2.24) is 4.90 Å². The summed E-state index contributed by atoms with van der Waals surface area (Å²) in [4.78, 5) is 5.07. The maximum atomic E-state index is 6.31. The molecule has 0 saturated carbocycles. The zero-order chi connectivity index (χ0) is 13.2. The van der Waals surface area contributed by atoms with Crippen molar-refractivity contribution in [3.05, 3.63) is 23.2 Å². The number of benzene rings is 1. The molecule has 0 aliphatic carbocycles. The van der Waals surface area contributed by atoms with E-state index >= 15 is 0 Å². The first-order valence-electron chi connectivity index (χ1n) is 7.28. The fourth-order valence-corrected chi connectivity index (χ4v) is 3.63. The van der Waals surface area contributed by atoms with Crippen LogP contribution < -0.4 is 10.6 Å². The Balaban J connectivity index is 1.67. The van der Waals surface area contributed by atoms with E-state index in [0.717, 1.165) is 29.5 Å². The van der Waals surface area contributed by atoms with Crippen molar-refractivity contribution >= 4 is 23.0 Å². The van der Waals surface area contributed by atoms with Crippen LogP contribution in [0.4, 0.5) is 11.4 Å². The molecule has 104 valence electrons. The molecule has 19 heavy (non-hydrogen) atoms. The highest BCUT2D eigenvalue weighted by Crippen LogP contribution is 2.31. The van der Waals surface area contributed by atoms with Gasteiger partial charge in [-0.1, -0.05) is 18.0 Å². The first-order chi connectivity index (χ1) is 9.24. The first kappa shape index (κ1) is 13.1. The summed E-state index contributed by atoms with van der Waals surface area (Å²) in [5.41, 5.74) is 7.63. The van der Waals surface area contributed by atoms with Gasteiger partial charge < -0.3 is 10.6 Å². The number of halogens is 1. The van der Waals surface area contributed by atoms with Crippen molar-refractivity contribution in [2.24, 2.45) is 0 Å². The third-order valence-corrected chi connectivity index (χ3v) is 4.69.